The van der Waals surface area contributed by atoms with E-state index in [1.54, 1.807) is 6.42 Å². The van der Waals surface area contributed by atoms with E-state index in [0.29, 0.717) is 0 Å². The van der Waals surface area contributed by atoms with Crippen LogP contribution in [0.1, 0.15) is 89.9 Å². The molecule has 2 saturated heterocycles. The molecule has 0 radical (unpaired) electrons. The Kier molecular flexibility index (Phi) is 6.74. The van der Waals surface area contributed by atoms with E-state index in [4.69, 9.17) is 0 Å². The number of fused-ring (bicyclic) bond motifs is 2. The molecule has 4 aliphatic rings. The van der Waals surface area contributed by atoms with Crippen LogP contribution in [0.3, 0.4) is 0 Å². The molecule has 1 N–H and O–H groups in total. The lowest BCUT2D eigenvalue weighted by atomic mass is 9.70. The Bertz CT molecular complexity index is 396. The van der Waals surface area contributed by atoms with Gasteiger partial charge in [-0.3, -0.25) is 4.90 Å². The molecule has 0 amide bonds. The molecule has 5 atom stereocenters. The van der Waals surface area contributed by atoms with E-state index in [-0.39, 0.29) is 0 Å². The molecular formula is C23H42N2. The topological polar surface area (TPSA) is 15.3 Å². The lowest BCUT2D eigenvalue weighted by Crippen LogP contribution is -2.49. The third-order valence-electron chi connectivity index (χ3n) is 8.21. The minimum atomic E-state index is 0.928. The van der Waals surface area contributed by atoms with Crippen LogP contribution in [-0.2, 0) is 0 Å². The molecule has 2 aliphatic carbocycles. The van der Waals surface area contributed by atoms with E-state index < -0.39 is 0 Å². The highest BCUT2D eigenvalue weighted by atomic mass is 15.2. The first-order valence-electron chi connectivity index (χ1n) is 11.8. The van der Waals surface area contributed by atoms with Gasteiger partial charge in [0, 0.05) is 12.6 Å². The minimum absolute atomic E-state index is 0.928. The van der Waals surface area contributed by atoms with Gasteiger partial charge in [-0.25, -0.2) is 0 Å². The zero-order valence-corrected chi connectivity index (χ0v) is 16.6. The molecule has 25 heavy (non-hydrogen) atoms. The van der Waals surface area contributed by atoms with Gasteiger partial charge in [-0.15, -0.1) is 0 Å². The van der Waals surface area contributed by atoms with Crippen LogP contribution in [0.25, 0.3) is 0 Å². The smallest absolute Gasteiger partial charge is 0.0127 e. The van der Waals surface area contributed by atoms with Crippen molar-refractivity contribution in [1.29, 1.82) is 0 Å². The summed E-state index contributed by atoms with van der Waals surface area (Å²) in [6.45, 7) is 5.42. The maximum Gasteiger partial charge on any atom is 0.0127 e. The molecule has 2 heterocycles. The molecule has 2 heteroatoms. The van der Waals surface area contributed by atoms with Gasteiger partial charge < -0.3 is 5.32 Å². The highest BCUT2D eigenvalue weighted by Gasteiger charge is 2.38. The van der Waals surface area contributed by atoms with Crippen LogP contribution in [0.5, 0.6) is 0 Å². The molecule has 2 nitrogen and oxygen atoms in total. The first-order valence-corrected chi connectivity index (χ1v) is 11.8. The van der Waals surface area contributed by atoms with Crippen molar-refractivity contribution in [2.45, 2.75) is 95.9 Å². The fourth-order valence-corrected chi connectivity index (χ4v) is 6.43. The molecule has 144 valence electrons. The second kappa shape index (κ2) is 9.22. The first kappa shape index (κ1) is 18.3. The first-order chi connectivity index (χ1) is 12.4. The van der Waals surface area contributed by atoms with Gasteiger partial charge in [0.15, 0.2) is 0 Å². The lowest BCUT2D eigenvalue weighted by molar-refractivity contribution is 0.0363. The molecule has 0 aromatic rings. The lowest BCUT2D eigenvalue weighted by Gasteiger charge is -2.46. The van der Waals surface area contributed by atoms with E-state index in [9.17, 15) is 0 Å². The third kappa shape index (κ3) is 4.80. The summed E-state index contributed by atoms with van der Waals surface area (Å²) >= 11 is 0. The molecule has 2 bridgehead atoms. The summed E-state index contributed by atoms with van der Waals surface area (Å²) < 4.78 is 0. The maximum absolute atomic E-state index is 3.81. The van der Waals surface area contributed by atoms with Gasteiger partial charge in [-0.2, -0.15) is 0 Å². The van der Waals surface area contributed by atoms with E-state index >= 15 is 0 Å². The number of hydrogen-bond acceptors (Lipinski definition) is 2. The standard InChI is InChI=1S/C23H42N2/c1-2-4-8-20-12-13-22(20)18-25-15-7-5-9-21-11-10-19(16-23(21)25)17-24-14-6-3-1/h19-24H,1-18H2. The number of rotatable bonds is 0. The number of nitrogens with zero attached hydrogens (tertiary/aromatic N) is 1. The predicted molar refractivity (Wildman–Crippen MR) is 107 cm³/mol. The molecule has 0 aromatic heterocycles. The Hall–Kier alpha value is -0.0800. The van der Waals surface area contributed by atoms with Crippen molar-refractivity contribution >= 4 is 0 Å². The number of hydrogen-bond donors (Lipinski definition) is 1. The number of nitrogens with one attached hydrogen (secondary N) is 1. The third-order valence-corrected chi connectivity index (χ3v) is 8.21. The van der Waals surface area contributed by atoms with Gasteiger partial charge in [-0.1, -0.05) is 38.5 Å². The van der Waals surface area contributed by atoms with Crippen LogP contribution >= 0.6 is 0 Å². The van der Waals surface area contributed by atoms with Gasteiger partial charge in [0.2, 0.25) is 0 Å². The van der Waals surface area contributed by atoms with E-state index in [1.807, 2.05) is 0 Å². The van der Waals surface area contributed by atoms with E-state index in [1.165, 1.54) is 110 Å². The van der Waals surface area contributed by atoms with Crippen LogP contribution in [0.4, 0.5) is 0 Å². The summed E-state index contributed by atoms with van der Waals surface area (Å²) in [5.74, 6) is 4.10. The van der Waals surface area contributed by atoms with Crippen LogP contribution in [0.2, 0.25) is 0 Å². The van der Waals surface area contributed by atoms with Crippen LogP contribution in [-0.4, -0.2) is 37.1 Å². The van der Waals surface area contributed by atoms with E-state index in [0.717, 1.165) is 29.7 Å². The Morgan fingerprint density at radius 1 is 0.640 bits per heavy atom. The normalized spacial score (nSPS) is 42.0. The largest absolute Gasteiger partial charge is 0.316 e. The van der Waals surface area contributed by atoms with Crippen molar-refractivity contribution in [3.63, 3.8) is 0 Å². The minimum Gasteiger partial charge on any atom is -0.316 e. The molecule has 5 unspecified atom stereocenters. The average molecular weight is 347 g/mol. The van der Waals surface area contributed by atoms with Gasteiger partial charge >= 0.3 is 0 Å². The summed E-state index contributed by atoms with van der Waals surface area (Å²) in [5.41, 5.74) is 0. The fraction of sp³-hybridized carbons (Fsp3) is 1.00. The van der Waals surface area contributed by atoms with Crippen LogP contribution in [0.15, 0.2) is 0 Å². The molecule has 2 aliphatic heterocycles. The second-order valence-electron chi connectivity index (χ2n) is 9.86. The fourth-order valence-electron chi connectivity index (χ4n) is 6.43. The summed E-state index contributed by atoms with van der Waals surface area (Å²) in [7, 11) is 0. The van der Waals surface area contributed by atoms with Crippen LogP contribution < -0.4 is 5.32 Å². The van der Waals surface area contributed by atoms with Gasteiger partial charge in [0.25, 0.3) is 0 Å². The monoisotopic (exact) mass is 346 g/mol. The zero-order valence-electron chi connectivity index (χ0n) is 16.6. The highest BCUT2D eigenvalue weighted by molar-refractivity contribution is 4.92. The van der Waals surface area contributed by atoms with Crippen molar-refractivity contribution in [3.8, 4) is 0 Å². The van der Waals surface area contributed by atoms with Crippen molar-refractivity contribution < 1.29 is 0 Å². The van der Waals surface area contributed by atoms with E-state index in [2.05, 4.69) is 10.2 Å². The average Bonchev–Trinajstić information content (AvgIpc) is 2.81. The second-order valence-corrected chi connectivity index (χ2v) is 9.86. The maximum atomic E-state index is 3.81. The zero-order chi connectivity index (χ0) is 16.9. The summed E-state index contributed by atoms with van der Waals surface area (Å²) in [6, 6.07) is 0.928. The van der Waals surface area contributed by atoms with Gasteiger partial charge in [0.05, 0.1) is 0 Å². The molecule has 4 fully saturated rings. The Labute approximate surface area is 156 Å². The Morgan fingerprint density at radius 2 is 1.40 bits per heavy atom. The Morgan fingerprint density at radius 3 is 2.32 bits per heavy atom. The van der Waals surface area contributed by atoms with Crippen molar-refractivity contribution in [2.75, 3.05) is 26.2 Å². The van der Waals surface area contributed by atoms with Crippen molar-refractivity contribution in [2.24, 2.45) is 23.7 Å². The van der Waals surface area contributed by atoms with Gasteiger partial charge in [-0.05, 0) is 94.7 Å². The highest BCUT2D eigenvalue weighted by Crippen LogP contribution is 2.42. The molecule has 0 aromatic carbocycles. The quantitative estimate of drug-likeness (QED) is 0.646. The van der Waals surface area contributed by atoms with Gasteiger partial charge in [0.1, 0.15) is 0 Å². The molecule has 2 saturated carbocycles. The van der Waals surface area contributed by atoms with Crippen molar-refractivity contribution in [1.82, 2.24) is 10.2 Å². The van der Waals surface area contributed by atoms with Crippen LogP contribution in [0, 0.1) is 23.7 Å². The summed E-state index contributed by atoms with van der Waals surface area (Å²) in [5, 5.41) is 3.81. The van der Waals surface area contributed by atoms with Crippen molar-refractivity contribution in [3.05, 3.63) is 0 Å². The summed E-state index contributed by atoms with van der Waals surface area (Å²) in [6.07, 6.45) is 20.9. The molecule has 0 spiro atoms. The SMILES string of the molecule is C1CCCNCC2CCC3CCCCN(CC4CCC4CCC1)C3C2. The Balaban J connectivity index is 1.42. The molecular weight excluding hydrogens is 304 g/mol. The predicted octanol–water partition coefficient (Wildman–Crippen LogP) is 5.23. The summed E-state index contributed by atoms with van der Waals surface area (Å²) in [4.78, 5) is 3.01. The molecule has 4 rings (SSSR count).